The smallest absolute Gasteiger partial charge is 0.274 e. The third-order valence-electron chi connectivity index (χ3n) is 4.04. The number of nitro groups is 1. The number of methoxy groups -OCH3 is 1. The number of carbonyl (C=O) groups excluding carboxylic acids is 1. The van der Waals surface area contributed by atoms with Crippen LogP contribution in [0.4, 0.5) is 17.1 Å². The number of benzene rings is 2. The predicted octanol–water partition coefficient (Wildman–Crippen LogP) is 2.56. The Labute approximate surface area is 156 Å². The summed E-state index contributed by atoms with van der Waals surface area (Å²) in [5, 5.41) is 13.7. The minimum absolute atomic E-state index is 0.0939. The van der Waals surface area contributed by atoms with E-state index in [0.29, 0.717) is 5.56 Å². The topological polar surface area (TPSA) is 119 Å². The van der Waals surface area contributed by atoms with Crippen molar-refractivity contribution in [2.45, 2.75) is 6.92 Å². The summed E-state index contributed by atoms with van der Waals surface area (Å²) in [4.78, 5) is 23.2. The van der Waals surface area contributed by atoms with Gasteiger partial charge in [0.1, 0.15) is 5.75 Å². The summed E-state index contributed by atoms with van der Waals surface area (Å²) in [6, 6.07) is 8.71. The van der Waals surface area contributed by atoms with Crippen molar-refractivity contribution in [3.05, 3.63) is 57.6 Å². The Morgan fingerprint density at radius 1 is 1.26 bits per heavy atom. The second kappa shape index (κ2) is 7.62. The molecule has 9 nitrogen and oxygen atoms in total. The van der Waals surface area contributed by atoms with Crippen LogP contribution in [0.5, 0.6) is 5.75 Å². The van der Waals surface area contributed by atoms with Crippen LogP contribution in [0.25, 0.3) is 0 Å². The molecule has 0 bridgehead atoms. The van der Waals surface area contributed by atoms with Gasteiger partial charge in [-0.25, -0.2) is 8.42 Å². The van der Waals surface area contributed by atoms with Gasteiger partial charge in [0.25, 0.3) is 11.6 Å². The zero-order chi connectivity index (χ0) is 20.4. The van der Waals surface area contributed by atoms with E-state index in [2.05, 4.69) is 5.32 Å². The molecule has 144 valence electrons. The van der Waals surface area contributed by atoms with E-state index < -0.39 is 20.9 Å². The Morgan fingerprint density at radius 2 is 1.93 bits per heavy atom. The van der Waals surface area contributed by atoms with Crippen LogP contribution in [0.1, 0.15) is 15.9 Å². The van der Waals surface area contributed by atoms with Crippen LogP contribution >= 0.6 is 0 Å². The summed E-state index contributed by atoms with van der Waals surface area (Å²) in [5.74, 6) is -0.347. The lowest BCUT2D eigenvalue weighted by atomic mass is 10.1. The van der Waals surface area contributed by atoms with Crippen molar-refractivity contribution in [3.63, 3.8) is 0 Å². The molecule has 27 heavy (non-hydrogen) atoms. The van der Waals surface area contributed by atoms with E-state index in [1.807, 2.05) is 0 Å². The zero-order valence-electron chi connectivity index (χ0n) is 15.2. The SMILES string of the molecule is COc1ccc(N(C)S(C)(=O)=O)cc1C(=O)Nc1cccc([N+](=O)[O-])c1C. The number of amides is 1. The molecule has 10 heteroatoms. The molecule has 0 fully saturated rings. The summed E-state index contributed by atoms with van der Waals surface area (Å²) >= 11 is 0. The van der Waals surface area contributed by atoms with E-state index in [4.69, 9.17) is 4.74 Å². The quantitative estimate of drug-likeness (QED) is 0.595. The Bertz CT molecular complexity index is 1000. The van der Waals surface area contributed by atoms with Crippen LogP contribution in [0.3, 0.4) is 0 Å². The van der Waals surface area contributed by atoms with E-state index in [1.54, 1.807) is 6.07 Å². The Hall–Kier alpha value is -3.14. The number of hydrogen-bond donors (Lipinski definition) is 1. The highest BCUT2D eigenvalue weighted by atomic mass is 32.2. The summed E-state index contributed by atoms with van der Waals surface area (Å²) in [6.45, 7) is 1.53. The normalized spacial score (nSPS) is 11.0. The molecule has 0 heterocycles. The van der Waals surface area contributed by atoms with E-state index in [0.717, 1.165) is 10.6 Å². The molecule has 0 aromatic heterocycles. The first kappa shape index (κ1) is 20.2. The van der Waals surface area contributed by atoms with Gasteiger partial charge in [0.15, 0.2) is 0 Å². The van der Waals surface area contributed by atoms with Crippen molar-refractivity contribution < 1.29 is 22.9 Å². The van der Waals surface area contributed by atoms with Crippen LogP contribution in [-0.4, -0.2) is 39.7 Å². The average Bonchev–Trinajstić information content (AvgIpc) is 2.61. The number of nitro benzene ring substituents is 1. The maximum atomic E-state index is 12.7. The highest BCUT2D eigenvalue weighted by Crippen LogP contribution is 2.29. The summed E-state index contributed by atoms with van der Waals surface area (Å²) in [6.07, 6.45) is 1.05. The molecule has 2 aromatic rings. The summed E-state index contributed by atoms with van der Waals surface area (Å²) in [7, 11) is -0.769. The van der Waals surface area contributed by atoms with E-state index in [1.165, 1.54) is 51.4 Å². The van der Waals surface area contributed by atoms with Gasteiger partial charge in [0.2, 0.25) is 10.0 Å². The maximum Gasteiger partial charge on any atom is 0.274 e. The number of anilines is 2. The van der Waals surface area contributed by atoms with Crippen molar-refractivity contribution in [2.24, 2.45) is 0 Å². The zero-order valence-corrected chi connectivity index (χ0v) is 16.0. The second-order valence-electron chi connectivity index (χ2n) is 5.78. The Balaban J connectivity index is 2.44. The first-order valence-electron chi connectivity index (χ1n) is 7.73. The fourth-order valence-corrected chi connectivity index (χ4v) is 2.90. The summed E-state index contributed by atoms with van der Waals surface area (Å²) < 4.78 is 29.7. The third kappa shape index (κ3) is 4.34. The molecule has 0 aliphatic rings. The summed E-state index contributed by atoms with van der Waals surface area (Å²) in [5.41, 5.74) is 0.832. The minimum Gasteiger partial charge on any atom is -0.496 e. The van der Waals surface area contributed by atoms with Gasteiger partial charge in [-0.3, -0.25) is 19.2 Å². The molecule has 0 unspecified atom stereocenters. The monoisotopic (exact) mass is 393 g/mol. The molecule has 0 saturated carbocycles. The van der Waals surface area contributed by atoms with Gasteiger partial charge in [-0.1, -0.05) is 6.07 Å². The average molecular weight is 393 g/mol. The standard InChI is InChI=1S/C17H19N3O6S/c1-11-14(6-5-7-15(11)20(22)23)18-17(21)13-10-12(8-9-16(13)26-3)19(2)27(4,24)25/h5-10H,1-4H3,(H,18,21). The number of rotatable bonds is 6. The van der Waals surface area contributed by atoms with E-state index in [-0.39, 0.29) is 28.4 Å². The predicted molar refractivity (Wildman–Crippen MR) is 102 cm³/mol. The molecule has 0 aliphatic heterocycles. The van der Waals surface area contributed by atoms with Crippen molar-refractivity contribution >= 4 is 33.0 Å². The first-order valence-corrected chi connectivity index (χ1v) is 9.58. The fraction of sp³-hybridized carbons (Fsp3) is 0.235. The van der Waals surface area contributed by atoms with Crippen molar-refractivity contribution in [3.8, 4) is 5.75 Å². The number of ether oxygens (including phenoxy) is 1. The van der Waals surface area contributed by atoms with Crippen molar-refractivity contribution in [1.29, 1.82) is 0 Å². The second-order valence-corrected chi connectivity index (χ2v) is 7.79. The van der Waals surface area contributed by atoms with Gasteiger partial charge in [-0.05, 0) is 31.2 Å². The molecule has 0 saturated heterocycles. The van der Waals surface area contributed by atoms with Crippen LogP contribution in [-0.2, 0) is 10.0 Å². The maximum absolute atomic E-state index is 12.7. The molecule has 0 atom stereocenters. The van der Waals surface area contributed by atoms with Crippen LogP contribution in [0.15, 0.2) is 36.4 Å². The number of sulfonamides is 1. The fourth-order valence-electron chi connectivity index (χ4n) is 2.41. The van der Waals surface area contributed by atoms with E-state index in [9.17, 15) is 23.3 Å². The van der Waals surface area contributed by atoms with Crippen molar-refractivity contribution in [1.82, 2.24) is 0 Å². The third-order valence-corrected chi connectivity index (χ3v) is 5.24. The lowest BCUT2D eigenvalue weighted by Gasteiger charge is -2.19. The minimum atomic E-state index is -3.51. The molecule has 0 spiro atoms. The Morgan fingerprint density at radius 3 is 2.48 bits per heavy atom. The van der Waals surface area contributed by atoms with Gasteiger partial charge in [0, 0.05) is 13.1 Å². The van der Waals surface area contributed by atoms with Crippen LogP contribution < -0.4 is 14.4 Å². The molecule has 2 rings (SSSR count). The highest BCUT2D eigenvalue weighted by molar-refractivity contribution is 7.92. The lowest BCUT2D eigenvalue weighted by Crippen LogP contribution is -2.25. The number of carbonyl (C=O) groups is 1. The van der Waals surface area contributed by atoms with Crippen LogP contribution in [0.2, 0.25) is 0 Å². The molecule has 2 aromatic carbocycles. The number of nitrogens with one attached hydrogen (secondary N) is 1. The molecule has 1 amide bonds. The molecular formula is C17H19N3O6S. The number of nitrogens with zero attached hydrogens (tertiary/aromatic N) is 2. The highest BCUT2D eigenvalue weighted by Gasteiger charge is 2.20. The van der Waals surface area contributed by atoms with Gasteiger partial charge < -0.3 is 10.1 Å². The molecule has 0 radical (unpaired) electrons. The molecular weight excluding hydrogens is 374 g/mol. The van der Waals surface area contributed by atoms with Crippen LogP contribution in [0, 0.1) is 17.0 Å². The first-order chi connectivity index (χ1) is 12.6. The van der Waals surface area contributed by atoms with Gasteiger partial charge >= 0.3 is 0 Å². The van der Waals surface area contributed by atoms with Gasteiger partial charge in [-0.15, -0.1) is 0 Å². The lowest BCUT2D eigenvalue weighted by molar-refractivity contribution is -0.385. The molecule has 0 aliphatic carbocycles. The number of hydrogen-bond acceptors (Lipinski definition) is 6. The van der Waals surface area contributed by atoms with Crippen molar-refractivity contribution in [2.75, 3.05) is 30.0 Å². The van der Waals surface area contributed by atoms with Gasteiger partial charge in [0.05, 0.1) is 40.8 Å². The van der Waals surface area contributed by atoms with E-state index >= 15 is 0 Å². The Kier molecular flexibility index (Phi) is 5.69. The largest absolute Gasteiger partial charge is 0.496 e. The molecule has 1 N–H and O–H groups in total. The van der Waals surface area contributed by atoms with Gasteiger partial charge in [-0.2, -0.15) is 0 Å².